The van der Waals surface area contributed by atoms with E-state index in [1.807, 2.05) is 22.9 Å². The average Bonchev–Trinajstić information content (AvgIpc) is 4.06. The Bertz CT molecular complexity index is 2860. The van der Waals surface area contributed by atoms with E-state index in [-0.39, 0.29) is 36.9 Å². The number of aliphatic hydroxyl groups excluding tert-OH is 1. The van der Waals surface area contributed by atoms with Gasteiger partial charge in [0, 0.05) is 79.4 Å². The lowest BCUT2D eigenvalue weighted by Gasteiger charge is -2.41. The van der Waals surface area contributed by atoms with Gasteiger partial charge in [0.25, 0.3) is 5.91 Å². The minimum atomic E-state index is -4.35. The quantitative estimate of drug-likeness (QED) is 0.108. The molecule has 18 heteroatoms. The van der Waals surface area contributed by atoms with Crippen LogP contribution in [0.15, 0.2) is 73.1 Å². The highest BCUT2D eigenvalue weighted by atomic mass is 32.2. The summed E-state index contributed by atoms with van der Waals surface area (Å²) < 4.78 is 73.2. The number of likely N-dealkylation sites (tertiary alicyclic amines) is 1. The van der Waals surface area contributed by atoms with E-state index in [0.717, 1.165) is 91.7 Å². The summed E-state index contributed by atoms with van der Waals surface area (Å²) in [5.74, 6) is -2.98. The number of amides is 2. The summed E-state index contributed by atoms with van der Waals surface area (Å²) in [6.07, 6.45) is 5.83. The SMILES string of the molecule is CC1(N2Cc3cc(C4CCN(CC5CCN(c6ccc(-c7cnc8[nH]cc(C(=O)c9c(F)ccc(NS(=O)(=O)N%10CC[C@@H](F)C%10)c9F)c8c7)cc6)CC5)CC4)ccc3C2=O)CCC(O)NC1=O. The fourth-order valence-electron chi connectivity index (χ4n) is 10.6. The Morgan fingerprint density at radius 3 is 2.40 bits per heavy atom. The molecule has 3 atom stereocenters. The van der Waals surface area contributed by atoms with Crippen molar-refractivity contribution in [1.29, 1.82) is 0 Å². The van der Waals surface area contributed by atoms with Crippen molar-refractivity contribution < 1.29 is 41.1 Å². The Morgan fingerprint density at radius 2 is 1.69 bits per heavy atom. The van der Waals surface area contributed by atoms with E-state index in [4.69, 9.17) is 0 Å². The van der Waals surface area contributed by atoms with Crippen LogP contribution in [0.1, 0.15) is 95.2 Å². The summed E-state index contributed by atoms with van der Waals surface area (Å²) in [7, 11) is -4.35. The van der Waals surface area contributed by atoms with Crippen LogP contribution in [0.25, 0.3) is 22.2 Å². The van der Waals surface area contributed by atoms with Gasteiger partial charge in [0.05, 0.1) is 11.3 Å². The van der Waals surface area contributed by atoms with Crippen molar-refractivity contribution in [3.05, 3.63) is 113 Å². The zero-order valence-electron chi connectivity index (χ0n) is 37.1. The van der Waals surface area contributed by atoms with Crippen molar-refractivity contribution in [2.45, 2.75) is 82.3 Å². The van der Waals surface area contributed by atoms with Crippen LogP contribution < -0.4 is 14.9 Å². The summed E-state index contributed by atoms with van der Waals surface area (Å²) in [6, 6.07) is 17.7. The zero-order chi connectivity index (χ0) is 46.8. The van der Waals surface area contributed by atoms with E-state index in [2.05, 4.69) is 49.4 Å². The number of hydrogen-bond donors (Lipinski definition) is 4. The molecule has 0 radical (unpaired) electrons. The molecular weight excluding hydrogens is 886 g/mol. The third kappa shape index (κ3) is 8.57. The van der Waals surface area contributed by atoms with Crippen molar-refractivity contribution in [3.63, 3.8) is 0 Å². The molecule has 14 nitrogen and oxygen atoms in total. The van der Waals surface area contributed by atoms with Crippen LogP contribution in [0.2, 0.25) is 0 Å². The van der Waals surface area contributed by atoms with Gasteiger partial charge in [-0.1, -0.05) is 24.3 Å². The average molecular weight is 939 g/mol. The first-order valence-corrected chi connectivity index (χ1v) is 24.5. The molecule has 5 aromatic rings. The lowest BCUT2D eigenvalue weighted by molar-refractivity contribution is -0.139. The number of nitrogens with one attached hydrogen (secondary N) is 3. The molecule has 5 aliphatic rings. The number of piperidine rings is 3. The molecule has 2 aromatic heterocycles. The molecule has 5 aliphatic heterocycles. The molecule has 0 spiro atoms. The molecule has 3 aromatic carbocycles. The number of benzene rings is 3. The normalized spacial score (nSPS) is 23.5. The van der Waals surface area contributed by atoms with E-state index in [0.29, 0.717) is 53.4 Å². The third-order valence-electron chi connectivity index (χ3n) is 14.7. The fraction of sp³-hybridized carbons (Fsp3) is 0.429. The number of aromatic nitrogens is 2. The number of carbonyl (C=O) groups excluding carboxylic acids is 3. The Morgan fingerprint density at radius 1 is 0.925 bits per heavy atom. The summed E-state index contributed by atoms with van der Waals surface area (Å²) in [6.45, 7) is 6.66. The highest BCUT2D eigenvalue weighted by Gasteiger charge is 2.48. The van der Waals surface area contributed by atoms with Crippen molar-refractivity contribution in [2.75, 3.05) is 55.4 Å². The lowest BCUT2D eigenvalue weighted by Crippen LogP contribution is -2.62. The van der Waals surface area contributed by atoms with E-state index < -0.39 is 56.8 Å². The molecule has 0 aliphatic carbocycles. The van der Waals surface area contributed by atoms with Gasteiger partial charge in [-0.15, -0.1) is 0 Å². The summed E-state index contributed by atoms with van der Waals surface area (Å²) in [5, 5.41) is 12.8. The highest BCUT2D eigenvalue weighted by molar-refractivity contribution is 7.90. The molecule has 4 N–H and O–H groups in total. The van der Waals surface area contributed by atoms with Gasteiger partial charge in [-0.05, 0) is 130 Å². The van der Waals surface area contributed by atoms with Crippen LogP contribution >= 0.6 is 0 Å². The van der Waals surface area contributed by atoms with Crippen molar-refractivity contribution in [2.24, 2.45) is 5.92 Å². The molecular formula is C49H53F3N8O6S. The zero-order valence-corrected chi connectivity index (χ0v) is 37.9. The maximum absolute atomic E-state index is 15.8. The minimum Gasteiger partial charge on any atom is -0.374 e. The van der Waals surface area contributed by atoms with Gasteiger partial charge in [0.1, 0.15) is 29.4 Å². The molecule has 10 rings (SSSR count). The number of hydrogen-bond acceptors (Lipinski definition) is 9. The fourth-order valence-corrected chi connectivity index (χ4v) is 11.9. The number of ketones is 1. The number of halogens is 3. The number of H-pyrrole nitrogens is 1. The Hall–Kier alpha value is -5.82. The largest absolute Gasteiger partial charge is 0.374 e. The predicted molar refractivity (Wildman–Crippen MR) is 246 cm³/mol. The maximum atomic E-state index is 15.8. The van der Waals surface area contributed by atoms with Crippen LogP contribution in [0.3, 0.4) is 0 Å². The Kier molecular flexibility index (Phi) is 11.9. The number of aromatic amines is 1. The highest BCUT2D eigenvalue weighted by Crippen LogP contribution is 2.38. The van der Waals surface area contributed by atoms with Gasteiger partial charge in [-0.3, -0.25) is 19.1 Å². The number of fused-ring (bicyclic) bond motifs is 2. The first kappa shape index (κ1) is 45.0. The minimum absolute atomic E-state index is 0.00534. The smallest absolute Gasteiger partial charge is 0.301 e. The number of anilines is 2. The second kappa shape index (κ2) is 17.7. The molecule has 352 valence electrons. The van der Waals surface area contributed by atoms with Crippen LogP contribution in [-0.4, -0.2) is 119 Å². The van der Waals surface area contributed by atoms with E-state index in [1.165, 1.54) is 11.8 Å². The maximum Gasteiger partial charge on any atom is 0.301 e. The van der Waals surface area contributed by atoms with Crippen molar-refractivity contribution >= 4 is 50.2 Å². The molecule has 0 saturated carbocycles. The molecule has 2 unspecified atom stereocenters. The lowest BCUT2D eigenvalue weighted by atomic mass is 9.87. The Balaban J connectivity index is 0.730. The predicted octanol–water partition coefficient (Wildman–Crippen LogP) is 6.48. The van der Waals surface area contributed by atoms with Crippen LogP contribution in [-0.2, 0) is 21.5 Å². The van der Waals surface area contributed by atoms with E-state index in [1.54, 1.807) is 24.1 Å². The molecule has 67 heavy (non-hydrogen) atoms. The topological polar surface area (TPSA) is 171 Å². The Labute approximate surface area is 386 Å². The monoisotopic (exact) mass is 938 g/mol. The number of pyridine rings is 1. The van der Waals surface area contributed by atoms with Crippen LogP contribution in [0, 0.1) is 17.6 Å². The van der Waals surface area contributed by atoms with Crippen LogP contribution in [0.5, 0.6) is 0 Å². The van der Waals surface area contributed by atoms with Gasteiger partial charge in [0.15, 0.2) is 5.82 Å². The van der Waals surface area contributed by atoms with E-state index in [9.17, 15) is 32.3 Å². The van der Waals surface area contributed by atoms with E-state index >= 15 is 8.78 Å². The number of carbonyl (C=O) groups is 3. The third-order valence-corrected chi connectivity index (χ3v) is 16.2. The van der Waals surface area contributed by atoms with Crippen molar-refractivity contribution in [1.82, 2.24) is 29.4 Å². The second-order valence-corrected chi connectivity index (χ2v) is 20.6. The second-order valence-electron chi connectivity index (χ2n) is 18.9. The van der Waals surface area contributed by atoms with Gasteiger partial charge in [-0.2, -0.15) is 12.7 Å². The summed E-state index contributed by atoms with van der Waals surface area (Å²) in [4.78, 5) is 54.0. The van der Waals surface area contributed by atoms with Gasteiger partial charge >= 0.3 is 10.2 Å². The van der Waals surface area contributed by atoms with Gasteiger partial charge in [-0.25, -0.2) is 18.2 Å². The molecule has 2 amide bonds. The summed E-state index contributed by atoms with van der Waals surface area (Å²) in [5.41, 5.74) is 3.24. The van der Waals surface area contributed by atoms with Crippen molar-refractivity contribution in [3.8, 4) is 11.1 Å². The van der Waals surface area contributed by atoms with Gasteiger partial charge in [0.2, 0.25) is 11.7 Å². The number of rotatable bonds is 11. The summed E-state index contributed by atoms with van der Waals surface area (Å²) >= 11 is 0. The number of nitrogens with zero attached hydrogens (tertiary/aromatic N) is 5. The van der Waals surface area contributed by atoms with Crippen LogP contribution in [0.4, 0.5) is 24.5 Å². The number of aliphatic hydroxyl groups is 1. The molecule has 0 bridgehead atoms. The van der Waals surface area contributed by atoms with Gasteiger partial charge < -0.3 is 30.1 Å². The number of alkyl halides is 1. The first-order valence-electron chi connectivity index (χ1n) is 23.1. The first-order chi connectivity index (χ1) is 32.1. The molecule has 4 fully saturated rings. The molecule has 7 heterocycles. The standard InChI is InChI=1S/C49H53F3N8O6S/c1-49(16-10-42(61)55-48(49)64)60-27-34-22-32(4-7-37(34)47(60)63)31-13-17-57(18-14-31)26-29-11-19-58(20-12-29)36-5-2-30(3-6-36)33-23-38-39(25-54-46(38)53-24-33)45(62)43-40(51)8-9-41(44(43)52)56-67(65,66)59-21-15-35(50)28-59/h2-9,22-25,29,31,35,42,56,61H,10-21,26-28H2,1H3,(H,53,54)(H,55,64)/t35-,42?,49?/m1/s1. The molecule has 4 saturated heterocycles.